The van der Waals surface area contributed by atoms with E-state index in [4.69, 9.17) is 5.73 Å². The van der Waals surface area contributed by atoms with Gasteiger partial charge in [0.15, 0.2) is 0 Å². The van der Waals surface area contributed by atoms with E-state index in [9.17, 15) is 4.79 Å². The molecular weight excluding hydrogens is 224 g/mol. The van der Waals surface area contributed by atoms with Gasteiger partial charge < -0.3 is 10.6 Å². The number of likely N-dealkylation sites (N-methyl/N-ethyl adjacent to an activating group) is 1. The molecule has 2 N–H and O–H groups in total. The van der Waals surface area contributed by atoms with E-state index in [1.807, 2.05) is 20.9 Å². The smallest absolute Gasteiger partial charge is 0.236 e. The first kappa shape index (κ1) is 13.1. The van der Waals surface area contributed by atoms with Crippen LogP contribution in [0.15, 0.2) is 18.2 Å². The zero-order valence-electron chi connectivity index (χ0n) is 11.7. The standard InChI is InChI=1S/C15H22N2O/c1-10(9-16)7-11-5-6-13-12(8-11)15(2,3)14(18)17(13)4/h5-6,8,10H,7,9,16H2,1-4H3. The third-order valence-electron chi connectivity index (χ3n) is 3.92. The van der Waals surface area contributed by atoms with Gasteiger partial charge in [-0.2, -0.15) is 0 Å². The Labute approximate surface area is 109 Å². The van der Waals surface area contributed by atoms with E-state index in [0.29, 0.717) is 12.5 Å². The summed E-state index contributed by atoms with van der Waals surface area (Å²) < 4.78 is 0. The second-order valence-electron chi connectivity index (χ2n) is 5.89. The molecule has 0 spiro atoms. The fourth-order valence-corrected chi connectivity index (χ4v) is 2.63. The largest absolute Gasteiger partial charge is 0.330 e. The molecule has 1 aromatic rings. The number of carbonyl (C=O) groups is 1. The summed E-state index contributed by atoms with van der Waals surface area (Å²) >= 11 is 0. The zero-order chi connectivity index (χ0) is 13.5. The molecule has 1 amide bonds. The van der Waals surface area contributed by atoms with E-state index in [-0.39, 0.29) is 5.91 Å². The molecule has 3 heteroatoms. The van der Waals surface area contributed by atoms with Crippen molar-refractivity contribution < 1.29 is 4.79 Å². The number of fused-ring (bicyclic) bond motifs is 1. The van der Waals surface area contributed by atoms with Crippen LogP contribution < -0.4 is 10.6 Å². The second-order valence-corrected chi connectivity index (χ2v) is 5.89. The first-order chi connectivity index (χ1) is 8.37. The van der Waals surface area contributed by atoms with E-state index < -0.39 is 5.41 Å². The van der Waals surface area contributed by atoms with Crippen molar-refractivity contribution in [2.24, 2.45) is 11.7 Å². The SMILES string of the molecule is CC(CN)Cc1ccc2c(c1)C(C)(C)C(=O)N2C. The van der Waals surface area contributed by atoms with Crippen molar-refractivity contribution in [3.8, 4) is 0 Å². The minimum atomic E-state index is -0.411. The van der Waals surface area contributed by atoms with Crippen molar-refractivity contribution in [3.05, 3.63) is 29.3 Å². The molecule has 1 unspecified atom stereocenters. The summed E-state index contributed by atoms with van der Waals surface area (Å²) in [7, 11) is 1.85. The van der Waals surface area contributed by atoms with Crippen LogP contribution in [0.4, 0.5) is 5.69 Å². The molecule has 1 aliphatic heterocycles. The highest BCUT2D eigenvalue weighted by molar-refractivity contribution is 6.07. The van der Waals surface area contributed by atoms with Crippen molar-refractivity contribution in [2.45, 2.75) is 32.6 Å². The van der Waals surface area contributed by atoms with Crippen LogP contribution in [0.5, 0.6) is 0 Å². The van der Waals surface area contributed by atoms with E-state index in [2.05, 4.69) is 25.1 Å². The predicted octanol–water partition coefficient (Wildman–Crippen LogP) is 2.08. The molecule has 98 valence electrons. The lowest BCUT2D eigenvalue weighted by molar-refractivity contribution is -0.121. The van der Waals surface area contributed by atoms with Gasteiger partial charge in [0.05, 0.1) is 5.41 Å². The summed E-state index contributed by atoms with van der Waals surface area (Å²) in [4.78, 5) is 13.9. The molecule has 1 aromatic carbocycles. The molecular formula is C15H22N2O. The van der Waals surface area contributed by atoms with Crippen LogP contribution in [0.25, 0.3) is 0 Å². The van der Waals surface area contributed by atoms with Crippen LogP contribution in [-0.4, -0.2) is 19.5 Å². The lowest BCUT2D eigenvalue weighted by Gasteiger charge is -2.17. The van der Waals surface area contributed by atoms with Gasteiger partial charge in [0, 0.05) is 12.7 Å². The summed E-state index contributed by atoms with van der Waals surface area (Å²) in [6.07, 6.45) is 0.970. The maximum absolute atomic E-state index is 12.2. The molecule has 0 aromatic heterocycles. The predicted molar refractivity (Wildman–Crippen MR) is 74.8 cm³/mol. The van der Waals surface area contributed by atoms with Gasteiger partial charge in [-0.25, -0.2) is 0 Å². The van der Waals surface area contributed by atoms with E-state index >= 15 is 0 Å². The third-order valence-corrected chi connectivity index (χ3v) is 3.92. The van der Waals surface area contributed by atoms with Gasteiger partial charge in [0.2, 0.25) is 5.91 Å². The Kier molecular flexibility index (Phi) is 3.20. The average molecular weight is 246 g/mol. The minimum Gasteiger partial charge on any atom is -0.330 e. The van der Waals surface area contributed by atoms with Gasteiger partial charge in [-0.3, -0.25) is 4.79 Å². The molecule has 1 atom stereocenters. The van der Waals surface area contributed by atoms with Gasteiger partial charge in [-0.1, -0.05) is 19.1 Å². The topological polar surface area (TPSA) is 46.3 Å². The van der Waals surface area contributed by atoms with Gasteiger partial charge in [0.25, 0.3) is 0 Å². The number of carbonyl (C=O) groups excluding carboxylic acids is 1. The van der Waals surface area contributed by atoms with Gasteiger partial charge in [-0.05, 0) is 49.9 Å². The molecule has 0 bridgehead atoms. The number of nitrogens with two attached hydrogens (primary N) is 1. The average Bonchev–Trinajstić information content (AvgIpc) is 2.51. The molecule has 18 heavy (non-hydrogen) atoms. The summed E-state index contributed by atoms with van der Waals surface area (Å²) in [6.45, 7) is 6.83. The number of nitrogens with zero attached hydrogens (tertiary/aromatic N) is 1. The first-order valence-corrected chi connectivity index (χ1v) is 6.49. The third kappa shape index (κ3) is 1.93. The number of hydrogen-bond donors (Lipinski definition) is 1. The molecule has 1 aliphatic rings. The monoisotopic (exact) mass is 246 g/mol. The molecule has 0 fully saturated rings. The molecule has 2 rings (SSSR count). The van der Waals surface area contributed by atoms with Crippen LogP contribution in [0, 0.1) is 5.92 Å². The Morgan fingerprint density at radius 3 is 2.67 bits per heavy atom. The van der Waals surface area contributed by atoms with Crippen LogP contribution in [-0.2, 0) is 16.6 Å². The Hall–Kier alpha value is -1.35. The number of benzene rings is 1. The highest BCUT2D eigenvalue weighted by Crippen LogP contribution is 2.41. The highest BCUT2D eigenvalue weighted by Gasteiger charge is 2.42. The number of rotatable bonds is 3. The Morgan fingerprint density at radius 2 is 2.06 bits per heavy atom. The molecule has 0 aliphatic carbocycles. The van der Waals surface area contributed by atoms with E-state index in [0.717, 1.165) is 17.7 Å². The van der Waals surface area contributed by atoms with Crippen LogP contribution in [0.2, 0.25) is 0 Å². The van der Waals surface area contributed by atoms with Crippen molar-refractivity contribution in [3.63, 3.8) is 0 Å². The Balaban J connectivity index is 2.39. The highest BCUT2D eigenvalue weighted by atomic mass is 16.2. The Morgan fingerprint density at radius 1 is 1.39 bits per heavy atom. The number of anilines is 1. The molecule has 1 heterocycles. The Bertz CT molecular complexity index is 479. The van der Waals surface area contributed by atoms with Gasteiger partial charge in [-0.15, -0.1) is 0 Å². The normalized spacial score (nSPS) is 18.9. The first-order valence-electron chi connectivity index (χ1n) is 6.49. The van der Waals surface area contributed by atoms with Crippen LogP contribution in [0.3, 0.4) is 0 Å². The molecule has 0 saturated heterocycles. The molecule has 3 nitrogen and oxygen atoms in total. The fourth-order valence-electron chi connectivity index (χ4n) is 2.63. The maximum Gasteiger partial charge on any atom is 0.236 e. The van der Waals surface area contributed by atoms with Crippen LogP contribution in [0.1, 0.15) is 31.9 Å². The lowest BCUT2D eigenvalue weighted by atomic mass is 9.84. The van der Waals surface area contributed by atoms with Crippen LogP contribution >= 0.6 is 0 Å². The fraction of sp³-hybridized carbons (Fsp3) is 0.533. The summed E-state index contributed by atoms with van der Waals surface area (Å²) in [5.41, 5.74) is 8.70. The van der Waals surface area contributed by atoms with Gasteiger partial charge >= 0.3 is 0 Å². The van der Waals surface area contributed by atoms with E-state index in [1.165, 1.54) is 5.56 Å². The molecule has 0 radical (unpaired) electrons. The van der Waals surface area contributed by atoms with Crippen molar-refractivity contribution in [2.75, 3.05) is 18.5 Å². The molecule has 0 saturated carbocycles. The summed E-state index contributed by atoms with van der Waals surface area (Å²) in [5, 5.41) is 0. The van der Waals surface area contributed by atoms with E-state index in [1.54, 1.807) is 4.90 Å². The maximum atomic E-state index is 12.2. The van der Waals surface area contributed by atoms with Gasteiger partial charge in [0.1, 0.15) is 0 Å². The number of hydrogen-bond acceptors (Lipinski definition) is 2. The van der Waals surface area contributed by atoms with Crippen molar-refractivity contribution in [1.82, 2.24) is 0 Å². The van der Waals surface area contributed by atoms with Crippen molar-refractivity contribution in [1.29, 1.82) is 0 Å². The second kappa shape index (κ2) is 4.39. The lowest BCUT2D eigenvalue weighted by Crippen LogP contribution is -2.33. The van der Waals surface area contributed by atoms with Crippen molar-refractivity contribution >= 4 is 11.6 Å². The zero-order valence-corrected chi connectivity index (χ0v) is 11.7. The quantitative estimate of drug-likeness (QED) is 0.887. The number of amides is 1. The summed E-state index contributed by atoms with van der Waals surface area (Å²) in [6, 6.07) is 6.33. The summed E-state index contributed by atoms with van der Waals surface area (Å²) in [5.74, 6) is 0.641. The minimum absolute atomic E-state index is 0.168.